The molecule has 1 aliphatic heterocycles. The Morgan fingerprint density at radius 3 is 2.72 bits per heavy atom. The first-order valence-electron chi connectivity index (χ1n) is 8.01. The molecule has 1 unspecified atom stereocenters. The molecule has 0 aliphatic carbocycles. The van der Waals surface area contributed by atoms with Gasteiger partial charge in [0, 0.05) is 18.6 Å². The normalized spacial score (nSPS) is 17.0. The Morgan fingerprint density at radius 1 is 1.12 bits per heavy atom. The maximum Gasteiger partial charge on any atom is 0.247 e. The number of hydrogen-bond acceptors (Lipinski definition) is 4. The van der Waals surface area contributed by atoms with Crippen molar-refractivity contribution in [2.45, 2.75) is 12.3 Å². The van der Waals surface area contributed by atoms with Gasteiger partial charge in [-0.15, -0.1) is 5.10 Å². The summed E-state index contributed by atoms with van der Waals surface area (Å²) < 4.78 is 35.1. The fraction of sp³-hybridized carbons (Fsp3) is 0.222. The van der Waals surface area contributed by atoms with Crippen LogP contribution < -0.4 is 5.32 Å². The summed E-state index contributed by atoms with van der Waals surface area (Å²) in [6.45, 7) is 1.04. The summed E-state index contributed by atoms with van der Waals surface area (Å²) in [5, 5.41) is 7.10. The van der Waals surface area contributed by atoms with Gasteiger partial charge in [0.05, 0.1) is 18.0 Å². The zero-order valence-corrected chi connectivity index (χ0v) is 13.3. The van der Waals surface area contributed by atoms with E-state index in [1.54, 1.807) is 4.68 Å². The summed E-state index contributed by atoms with van der Waals surface area (Å²) in [7, 11) is 0. The summed E-state index contributed by atoms with van der Waals surface area (Å²) in [6.07, 6.45) is 2.26. The Bertz CT molecular complexity index is 876. The number of halogens is 2. The van der Waals surface area contributed by atoms with E-state index >= 15 is 0 Å². The summed E-state index contributed by atoms with van der Waals surface area (Å²) in [5.74, 6) is -1.06. The number of nitrogens with one attached hydrogen (secondary N) is 1. The van der Waals surface area contributed by atoms with E-state index < -0.39 is 11.6 Å². The molecule has 128 valence electrons. The lowest BCUT2D eigenvalue weighted by molar-refractivity contribution is 0.193. The summed E-state index contributed by atoms with van der Waals surface area (Å²) in [5.41, 5.74) is 1.43. The van der Waals surface area contributed by atoms with E-state index in [0.717, 1.165) is 18.2 Å². The molecule has 0 amide bonds. The van der Waals surface area contributed by atoms with Gasteiger partial charge in [-0.05, 0) is 30.2 Å². The van der Waals surface area contributed by atoms with Crippen LogP contribution in [0.25, 0.3) is 5.69 Å². The van der Waals surface area contributed by atoms with Crippen LogP contribution >= 0.6 is 0 Å². The molecule has 2 aromatic carbocycles. The molecule has 25 heavy (non-hydrogen) atoms. The quantitative estimate of drug-likeness (QED) is 0.784. The van der Waals surface area contributed by atoms with Crippen LogP contribution in [0.5, 0.6) is 0 Å². The highest BCUT2D eigenvalue weighted by atomic mass is 19.1. The standard InChI is InChI=1S/C18H16F2N4O/c19-15-9-16(20)17(8-14(15)12-6-7-25-10-12)22-18-21-11-24(23-18)13-4-2-1-3-5-13/h1-5,8-9,11-12H,6-7,10H2,(H,22,23). The average Bonchev–Trinajstić information content (AvgIpc) is 3.30. The molecule has 1 atom stereocenters. The molecule has 4 rings (SSSR count). The minimum absolute atomic E-state index is 0.0593. The number of rotatable bonds is 4. The molecular weight excluding hydrogens is 326 g/mol. The maximum absolute atomic E-state index is 14.1. The van der Waals surface area contributed by atoms with Gasteiger partial charge >= 0.3 is 0 Å². The van der Waals surface area contributed by atoms with Crippen molar-refractivity contribution in [1.29, 1.82) is 0 Å². The molecular formula is C18H16F2N4O. The predicted molar refractivity (Wildman–Crippen MR) is 89.2 cm³/mol. The summed E-state index contributed by atoms with van der Waals surface area (Å²) >= 11 is 0. The molecule has 1 fully saturated rings. The molecule has 0 bridgehead atoms. The van der Waals surface area contributed by atoms with Crippen molar-refractivity contribution in [2.75, 3.05) is 18.5 Å². The fourth-order valence-corrected chi connectivity index (χ4v) is 2.90. The number of hydrogen-bond donors (Lipinski definition) is 1. The van der Waals surface area contributed by atoms with Gasteiger partial charge in [-0.25, -0.2) is 13.5 Å². The first-order chi connectivity index (χ1) is 12.2. The Morgan fingerprint density at radius 2 is 1.96 bits per heavy atom. The van der Waals surface area contributed by atoms with Crippen LogP contribution in [-0.4, -0.2) is 28.0 Å². The Labute approximate surface area is 143 Å². The van der Waals surface area contributed by atoms with Gasteiger partial charge in [0.1, 0.15) is 18.0 Å². The van der Waals surface area contributed by atoms with Gasteiger partial charge in [0.15, 0.2) is 0 Å². The zero-order valence-electron chi connectivity index (χ0n) is 13.3. The maximum atomic E-state index is 14.1. The second-order valence-corrected chi connectivity index (χ2v) is 5.89. The number of anilines is 2. The molecule has 0 saturated carbocycles. The molecule has 0 spiro atoms. The van der Waals surface area contributed by atoms with Crippen molar-refractivity contribution in [3.8, 4) is 5.69 Å². The van der Waals surface area contributed by atoms with Gasteiger partial charge in [0.2, 0.25) is 5.95 Å². The number of aromatic nitrogens is 3. The van der Waals surface area contributed by atoms with E-state index in [4.69, 9.17) is 4.74 Å². The molecule has 1 N–H and O–H groups in total. The molecule has 5 nitrogen and oxygen atoms in total. The third-order valence-electron chi connectivity index (χ3n) is 4.21. The minimum atomic E-state index is -0.684. The van der Waals surface area contributed by atoms with Crippen molar-refractivity contribution in [3.63, 3.8) is 0 Å². The van der Waals surface area contributed by atoms with E-state index in [0.29, 0.717) is 18.8 Å². The van der Waals surface area contributed by atoms with Crippen LogP contribution in [0, 0.1) is 11.6 Å². The minimum Gasteiger partial charge on any atom is -0.381 e. The number of nitrogens with zero attached hydrogens (tertiary/aromatic N) is 3. The van der Waals surface area contributed by atoms with Crippen molar-refractivity contribution >= 4 is 11.6 Å². The second kappa shape index (κ2) is 6.60. The van der Waals surface area contributed by atoms with Crippen LogP contribution in [0.15, 0.2) is 48.8 Å². The smallest absolute Gasteiger partial charge is 0.247 e. The number of para-hydroxylation sites is 1. The van der Waals surface area contributed by atoms with Crippen molar-refractivity contribution in [2.24, 2.45) is 0 Å². The Hall–Kier alpha value is -2.80. The van der Waals surface area contributed by atoms with Crippen molar-refractivity contribution in [3.05, 3.63) is 66.0 Å². The monoisotopic (exact) mass is 342 g/mol. The second-order valence-electron chi connectivity index (χ2n) is 5.89. The molecule has 1 aliphatic rings. The summed E-state index contributed by atoms with van der Waals surface area (Å²) in [6, 6.07) is 11.8. The van der Waals surface area contributed by atoms with E-state index in [-0.39, 0.29) is 17.6 Å². The average molecular weight is 342 g/mol. The molecule has 1 saturated heterocycles. The number of benzene rings is 2. The van der Waals surface area contributed by atoms with Gasteiger partial charge in [-0.3, -0.25) is 0 Å². The largest absolute Gasteiger partial charge is 0.381 e. The highest BCUT2D eigenvalue weighted by Gasteiger charge is 2.23. The van der Waals surface area contributed by atoms with Crippen LogP contribution in [-0.2, 0) is 4.74 Å². The molecule has 0 radical (unpaired) electrons. The van der Waals surface area contributed by atoms with Gasteiger partial charge in [-0.1, -0.05) is 18.2 Å². The summed E-state index contributed by atoms with van der Waals surface area (Å²) in [4.78, 5) is 4.13. The SMILES string of the molecule is Fc1cc(F)c(C2CCOC2)cc1Nc1ncn(-c2ccccc2)n1. The molecule has 2 heterocycles. The Kier molecular flexibility index (Phi) is 4.15. The molecule has 7 heteroatoms. The molecule has 3 aromatic rings. The topological polar surface area (TPSA) is 52.0 Å². The predicted octanol–water partition coefficient (Wildman–Crippen LogP) is 3.79. The van der Waals surface area contributed by atoms with Gasteiger partial charge in [0.25, 0.3) is 0 Å². The highest BCUT2D eigenvalue weighted by Crippen LogP contribution is 2.31. The van der Waals surface area contributed by atoms with Crippen LogP contribution in [0.3, 0.4) is 0 Å². The van der Waals surface area contributed by atoms with Crippen LogP contribution in [0.1, 0.15) is 17.9 Å². The lowest BCUT2D eigenvalue weighted by Gasteiger charge is -2.12. The third-order valence-corrected chi connectivity index (χ3v) is 4.21. The fourth-order valence-electron chi connectivity index (χ4n) is 2.90. The van der Waals surface area contributed by atoms with Gasteiger partial charge in [-0.2, -0.15) is 4.98 Å². The number of ether oxygens (including phenoxy) is 1. The lowest BCUT2D eigenvalue weighted by atomic mass is 9.97. The van der Waals surface area contributed by atoms with Crippen molar-refractivity contribution < 1.29 is 13.5 Å². The van der Waals surface area contributed by atoms with Crippen LogP contribution in [0.2, 0.25) is 0 Å². The van der Waals surface area contributed by atoms with E-state index in [1.165, 1.54) is 12.4 Å². The van der Waals surface area contributed by atoms with Gasteiger partial charge < -0.3 is 10.1 Å². The highest BCUT2D eigenvalue weighted by molar-refractivity contribution is 5.56. The van der Waals surface area contributed by atoms with E-state index in [2.05, 4.69) is 15.4 Å². The van der Waals surface area contributed by atoms with Crippen LogP contribution in [0.4, 0.5) is 20.4 Å². The zero-order chi connectivity index (χ0) is 17.2. The first-order valence-corrected chi connectivity index (χ1v) is 8.01. The third kappa shape index (κ3) is 3.23. The van der Waals surface area contributed by atoms with Crippen molar-refractivity contribution in [1.82, 2.24) is 14.8 Å². The van der Waals surface area contributed by atoms with E-state index in [9.17, 15) is 8.78 Å². The first kappa shape index (κ1) is 15.7. The Balaban J connectivity index is 1.60. The molecule has 1 aromatic heterocycles. The lowest BCUT2D eigenvalue weighted by Crippen LogP contribution is -2.05. The van der Waals surface area contributed by atoms with E-state index in [1.807, 2.05) is 30.3 Å².